The Balaban J connectivity index is 0.874. The van der Waals surface area contributed by atoms with E-state index in [-0.39, 0.29) is 36.4 Å². The lowest BCUT2D eigenvalue weighted by Crippen LogP contribution is -2.63. The van der Waals surface area contributed by atoms with Crippen molar-refractivity contribution in [3.63, 3.8) is 0 Å². The zero-order valence-corrected chi connectivity index (χ0v) is 60.0. The van der Waals surface area contributed by atoms with Gasteiger partial charge in [0.15, 0.2) is 140 Å². The van der Waals surface area contributed by atoms with Gasteiger partial charge < -0.3 is 195 Å². The first-order valence-corrected chi connectivity index (χ1v) is 34.3. The summed E-state index contributed by atoms with van der Waals surface area (Å²) in [5, 5.41) is 302. The number of esters is 9. The third-order valence-corrected chi connectivity index (χ3v) is 20.0. The maximum absolute atomic E-state index is 15.8. The Hall–Kier alpha value is -17.3. The predicted molar refractivity (Wildman–Crippen MR) is 378 cm³/mol. The molecule has 0 spiro atoms. The van der Waals surface area contributed by atoms with Crippen molar-refractivity contribution in [2.24, 2.45) is 0 Å². The molecular weight excluding hydrogens is 1670 g/mol. The number of hydrogen-bond donors (Lipinski definition) is 27. The van der Waals surface area contributed by atoms with Crippen LogP contribution in [0, 0.1) is 0 Å². The van der Waals surface area contributed by atoms with Crippen LogP contribution in [0.1, 0.15) is 93.2 Å². The second-order valence-corrected chi connectivity index (χ2v) is 27.1. The molecule has 0 radical (unpaired) electrons. The molecule has 0 unspecified atom stereocenters. The van der Waals surface area contributed by atoms with E-state index in [1.54, 1.807) is 0 Å². The Morgan fingerprint density at radius 2 is 0.545 bits per heavy atom. The summed E-state index contributed by atoms with van der Waals surface area (Å²) >= 11 is 0. The molecule has 6 aliphatic heterocycles. The number of hydrogen-bond acceptors (Lipinski definition) is 48. The first-order valence-electron chi connectivity index (χ1n) is 34.3. The van der Waals surface area contributed by atoms with Gasteiger partial charge in [-0.2, -0.15) is 0 Å². The van der Waals surface area contributed by atoms with Gasteiger partial charge >= 0.3 is 53.7 Å². The number of carbonyl (C=O) groups is 9. The van der Waals surface area contributed by atoms with E-state index in [0.29, 0.717) is 18.2 Å². The molecule has 27 N–H and O–H groups in total. The molecule has 6 aliphatic rings. The van der Waals surface area contributed by atoms with Crippen molar-refractivity contribution >= 4 is 53.7 Å². The van der Waals surface area contributed by atoms with E-state index in [0.717, 1.165) is 0 Å². The third kappa shape index (κ3) is 12.5. The number of fused-ring (bicyclic) bond motifs is 18. The fraction of sp³-hybridized carbons (Fsp3) is 0.160. The minimum atomic E-state index is -3.00. The fourth-order valence-electron chi connectivity index (χ4n) is 14.2. The molecule has 0 bridgehead atoms. The van der Waals surface area contributed by atoms with Crippen molar-refractivity contribution in [2.75, 3.05) is 13.2 Å². The third-order valence-electron chi connectivity index (χ3n) is 20.0. The predicted octanol–water partition coefficient (Wildman–Crippen LogP) is 2.71. The molecule has 15 rings (SSSR count). The molecule has 0 aromatic heterocycles. The highest BCUT2D eigenvalue weighted by Gasteiger charge is 2.58. The molecule has 9 aromatic carbocycles. The summed E-state index contributed by atoms with van der Waals surface area (Å²) in [6.45, 7) is -2.99. The summed E-state index contributed by atoms with van der Waals surface area (Å²) in [5.74, 6) is -62.6. The number of rotatable bonds is 4. The van der Waals surface area contributed by atoms with Crippen LogP contribution in [0.3, 0.4) is 0 Å². The number of benzene rings is 9. The summed E-state index contributed by atoms with van der Waals surface area (Å²) in [5.41, 5.74) is -22.4. The van der Waals surface area contributed by atoms with Crippen LogP contribution in [0.15, 0.2) is 54.6 Å². The van der Waals surface area contributed by atoms with Gasteiger partial charge in [-0.25, -0.2) is 43.2 Å². The lowest BCUT2D eigenvalue weighted by molar-refractivity contribution is -0.284. The van der Waals surface area contributed by atoms with Crippen molar-refractivity contribution in [1.82, 2.24) is 0 Å². The van der Waals surface area contributed by atoms with Gasteiger partial charge in [0.05, 0.1) is 50.1 Å². The van der Waals surface area contributed by atoms with Gasteiger partial charge in [-0.1, -0.05) is 0 Å². The van der Waals surface area contributed by atoms with Crippen LogP contribution in [0.5, 0.6) is 161 Å². The summed E-state index contributed by atoms with van der Waals surface area (Å²) in [4.78, 5) is 134. The second kappa shape index (κ2) is 28.8. The zero-order valence-electron chi connectivity index (χ0n) is 60.0. The SMILES string of the molecule is O=C(O[C@@H]1O[C@@H]2COC(=O)c3cc(O)c(O)c(O)c3-c3c(cc(O)c(O)c3O)C(=O)O[C@H]2[C@@H]2OC(=O)c3cc(O)c(O)c(O)c3-c3c(cc(O)c(O)c3O)C(=O)O[C@@H]12)c1cc(O)c(O)c(Oc2c(O)c(O)c(O)c3c2C(=O)O[C@H]2[C@@H]4OC(=O)c5cc(O)c(O)c(O)c5-c5c(cc(O)c(O)c5O)C(=O)O[C@H]4[C@@H](O)O[C@@H]2COC(=O)c2cc(O)c(O)c(O)c2-3)c1. The molecule has 2 fully saturated rings. The molecule has 0 amide bonds. The number of aliphatic hydroxyl groups excluding tert-OH is 1. The topological polar surface area (TPSA) is 811 Å². The molecule has 638 valence electrons. The number of aliphatic hydroxyl groups is 1. The first kappa shape index (κ1) is 80.9. The number of cyclic esters (lactones) is 2. The molecule has 48 heteroatoms. The van der Waals surface area contributed by atoms with Crippen LogP contribution in [-0.2, 0) is 52.1 Å². The van der Waals surface area contributed by atoms with Crippen LogP contribution in [-0.4, -0.2) is 266 Å². The van der Waals surface area contributed by atoms with Crippen molar-refractivity contribution in [3.8, 4) is 205 Å². The van der Waals surface area contributed by atoms with Gasteiger partial charge in [-0.05, 0) is 54.6 Å². The first-order chi connectivity index (χ1) is 57.9. The van der Waals surface area contributed by atoms with Crippen LogP contribution >= 0.6 is 0 Å². The molecule has 0 saturated carbocycles. The molecule has 10 atom stereocenters. The highest BCUT2D eigenvalue weighted by Crippen LogP contribution is 2.62. The Bertz CT molecular complexity index is 6300. The average Bonchev–Trinajstić information content (AvgIpc) is 1.66. The number of phenolic OH excluding ortho intramolecular Hbond substituents is 26. The van der Waals surface area contributed by atoms with Crippen molar-refractivity contribution in [3.05, 3.63) is 105 Å². The number of ether oxygens (including phenoxy) is 12. The van der Waals surface area contributed by atoms with Crippen molar-refractivity contribution in [2.45, 2.75) is 61.4 Å². The van der Waals surface area contributed by atoms with Gasteiger partial charge in [0, 0.05) is 38.9 Å². The van der Waals surface area contributed by atoms with E-state index >= 15 is 19.2 Å². The van der Waals surface area contributed by atoms with Gasteiger partial charge in [0.1, 0.15) is 31.0 Å². The lowest BCUT2D eigenvalue weighted by Gasteiger charge is -2.44. The standard InChI is InChI=1S/C75H50O48/c76-20-1-12(65(102)123-75-64-62(120-70(107)17-7-25(81)44(88)51(95)34(17)36-19(72(109)122-64)9-27(83)46(90)53(36)97)59-30(116-75)11-113-66(103)13-3-21(77)41(85)48(92)31(13)32-15(68(105)117-59)5-23(79)42(86)49(32)93)2-28(40(20)84)114-60-39-38(55(99)56(100)57(60)101)37-14(4-22(78)47(91)54(37)98)67(104)112-10-29-58(118-73(39)110)61-63(74(111)115-29)121-71(108)18-8-26(82)45(89)52(96)35(18)33-16(69(106)119-61)6-24(80)43(87)50(33)94/h1-9,29-30,58-59,61-64,74-101,111H,10-11H2/t29-,30-,58-,59-,61+,62+,63-,64-,74+,75+/m1/s1. The van der Waals surface area contributed by atoms with Crippen LogP contribution in [0.2, 0.25) is 0 Å². The van der Waals surface area contributed by atoms with E-state index < -0.39 is 384 Å². The smallest absolute Gasteiger partial charge is 0.343 e. The summed E-state index contributed by atoms with van der Waals surface area (Å²) in [7, 11) is 0. The highest BCUT2D eigenvalue weighted by atomic mass is 16.8. The molecule has 2 saturated heterocycles. The van der Waals surface area contributed by atoms with E-state index in [4.69, 9.17) is 56.8 Å². The van der Waals surface area contributed by atoms with Crippen LogP contribution in [0.25, 0.3) is 44.5 Å². The largest absolute Gasteiger partial charge is 0.504 e. The number of aromatic hydroxyl groups is 26. The average molecular weight is 1720 g/mol. The summed E-state index contributed by atoms with van der Waals surface area (Å²) in [6, 6.07) is 2.51. The van der Waals surface area contributed by atoms with E-state index in [1.807, 2.05) is 0 Å². The second-order valence-electron chi connectivity index (χ2n) is 27.1. The Labute approximate surface area is 674 Å². The molecule has 48 nitrogen and oxygen atoms in total. The molecule has 123 heavy (non-hydrogen) atoms. The Kier molecular flexibility index (Phi) is 18.9. The van der Waals surface area contributed by atoms with Crippen molar-refractivity contribution in [1.29, 1.82) is 0 Å². The molecule has 6 heterocycles. The van der Waals surface area contributed by atoms with E-state index in [1.165, 1.54) is 0 Å². The normalized spacial score (nSPS) is 21.0. The van der Waals surface area contributed by atoms with Gasteiger partial charge in [0.25, 0.3) is 0 Å². The summed E-state index contributed by atoms with van der Waals surface area (Å²) < 4.78 is 68.3. The van der Waals surface area contributed by atoms with Gasteiger partial charge in [-0.15, -0.1) is 0 Å². The van der Waals surface area contributed by atoms with Gasteiger partial charge in [-0.3, -0.25) is 0 Å². The minimum Gasteiger partial charge on any atom is -0.504 e. The summed E-state index contributed by atoms with van der Waals surface area (Å²) in [6.07, 6.45) is -27.4. The van der Waals surface area contributed by atoms with Crippen LogP contribution in [0.4, 0.5) is 0 Å². The zero-order chi connectivity index (χ0) is 89.2. The Morgan fingerprint density at radius 1 is 0.268 bits per heavy atom. The highest BCUT2D eigenvalue weighted by molar-refractivity contribution is 6.14. The molecule has 9 aromatic rings. The number of carbonyl (C=O) groups excluding carboxylic acids is 9. The van der Waals surface area contributed by atoms with Gasteiger partial charge in [0.2, 0.25) is 69.9 Å². The monoisotopic (exact) mass is 1720 g/mol. The minimum absolute atomic E-state index is 0.214. The maximum Gasteiger partial charge on any atom is 0.343 e. The van der Waals surface area contributed by atoms with E-state index in [2.05, 4.69) is 0 Å². The lowest BCUT2D eigenvalue weighted by atomic mass is 9.90. The maximum atomic E-state index is 15.8. The molecule has 0 aliphatic carbocycles. The number of phenols is 26. The quantitative estimate of drug-likeness (QED) is 0.0684. The van der Waals surface area contributed by atoms with Crippen LogP contribution < -0.4 is 4.74 Å². The fourth-order valence-corrected chi connectivity index (χ4v) is 14.2. The van der Waals surface area contributed by atoms with Crippen molar-refractivity contribution < 1.29 is 238 Å². The molecular formula is C75H50O48. The van der Waals surface area contributed by atoms with E-state index in [9.17, 15) is 162 Å². The Morgan fingerprint density at radius 3 is 0.902 bits per heavy atom.